The van der Waals surface area contributed by atoms with Crippen molar-refractivity contribution in [3.63, 3.8) is 0 Å². The van der Waals surface area contributed by atoms with Crippen LogP contribution in [0.1, 0.15) is 106 Å². The second-order valence-electron chi connectivity index (χ2n) is 14.6. The molecule has 0 aromatic rings. The van der Waals surface area contributed by atoms with Gasteiger partial charge in [0, 0.05) is 0 Å². The van der Waals surface area contributed by atoms with Gasteiger partial charge in [-0.15, -0.1) is 0 Å². The molecule has 33 heavy (non-hydrogen) atoms. The molecule has 0 aliphatic heterocycles. The molecule has 5 aliphatic rings. The Labute approximate surface area is 201 Å². The summed E-state index contributed by atoms with van der Waals surface area (Å²) in [6.07, 6.45) is 10.2. The third kappa shape index (κ3) is 2.75. The molecule has 0 bridgehead atoms. The lowest BCUT2D eigenvalue weighted by Crippen LogP contribution is -2.69. The molecule has 186 valence electrons. The van der Waals surface area contributed by atoms with E-state index in [9.17, 15) is 15.0 Å². The molecule has 5 saturated carbocycles. The van der Waals surface area contributed by atoms with Crippen LogP contribution in [0.5, 0.6) is 0 Å². The van der Waals surface area contributed by atoms with E-state index in [1.165, 1.54) is 18.4 Å². The molecule has 5 aliphatic carbocycles. The first-order valence-electron chi connectivity index (χ1n) is 13.8. The molecule has 3 nitrogen and oxygen atoms in total. The minimum Gasteiger partial charge on any atom is -0.481 e. The van der Waals surface area contributed by atoms with E-state index >= 15 is 0 Å². The van der Waals surface area contributed by atoms with Gasteiger partial charge in [0.15, 0.2) is 0 Å². The Morgan fingerprint density at radius 1 is 0.848 bits per heavy atom. The number of rotatable bonds is 2. The zero-order chi connectivity index (χ0) is 24.2. The van der Waals surface area contributed by atoms with E-state index in [1.807, 2.05) is 0 Å². The Morgan fingerprint density at radius 3 is 2.18 bits per heavy atom. The highest BCUT2D eigenvalue weighted by Crippen LogP contribution is 2.77. The zero-order valence-electron chi connectivity index (χ0n) is 22.0. The SMILES string of the molecule is C=C(C)[C@@H]1CC[C@]2(C)CC[C@@]3(C(=O)O)[C@H](CC[C@@H]4[C@@]5(C)CC[C@@H](O)C(C)(C)[C@@H]5CC[C@]43C)[C@@H]12. The lowest BCUT2D eigenvalue weighted by atomic mass is 9.32. The first-order valence-corrected chi connectivity index (χ1v) is 13.8. The Hall–Kier alpha value is -0.830. The first kappa shape index (κ1) is 23.9. The van der Waals surface area contributed by atoms with E-state index in [0.29, 0.717) is 23.7 Å². The van der Waals surface area contributed by atoms with E-state index in [-0.39, 0.29) is 33.7 Å². The van der Waals surface area contributed by atoms with Gasteiger partial charge in [0.1, 0.15) is 0 Å². The molecule has 0 spiro atoms. The normalized spacial score (nSPS) is 55.0. The van der Waals surface area contributed by atoms with Crippen molar-refractivity contribution in [3.05, 3.63) is 12.2 Å². The van der Waals surface area contributed by atoms with E-state index in [0.717, 1.165) is 51.4 Å². The van der Waals surface area contributed by atoms with Crippen molar-refractivity contribution in [3.8, 4) is 0 Å². The summed E-state index contributed by atoms with van der Waals surface area (Å²) < 4.78 is 0. The summed E-state index contributed by atoms with van der Waals surface area (Å²) in [7, 11) is 0. The van der Waals surface area contributed by atoms with Crippen LogP contribution in [0.15, 0.2) is 12.2 Å². The summed E-state index contributed by atoms with van der Waals surface area (Å²) >= 11 is 0. The molecule has 2 N–H and O–H groups in total. The standard InChI is InChI=1S/C30H48O3/c1-18(2)19-10-13-27(5)16-17-30(25(32)33)20(24(19)27)8-9-22-28(6)14-12-23(31)26(3,4)21(28)11-15-29(22,30)7/h19-24,31H,1,8-17H2,2-7H3,(H,32,33)/t19-,20+,21-,22+,23+,24+,27+,28-,29+,30-/m0/s1. The summed E-state index contributed by atoms with van der Waals surface area (Å²) in [6, 6.07) is 0. The predicted molar refractivity (Wildman–Crippen MR) is 133 cm³/mol. The fourth-order valence-corrected chi connectivity index (χ4v) is 11.6. The number of aliphatic hydroxyl groups excluding tert-OH is 1. The van der Waals surface area contributed by atoms with Crippen molar-refractivity contribution in [1.82, 2.24) is 0 Å². The van der Waals surface area contributed by atoms with Gasteiger partial charge in [-0.1, -0.05) is 46.8 Å². The van der Waals surface area contributed by atoms with Crippen LogP contribution < -0.4 is 0 Å². The number of aliphatic hydroxyl groups is 1. The van der Waals surface area contributed by atoms with Gasteiger partial charge in [-0.3, -0.25) is 4.79 Å². The maximum Gasteiger partial charge on any atom is 0.310 e. The van der Waals surface area contributed by atoms with E-state index in [1.54, 1.807) is 0 Å². The van der Waals surface area contributed by atoms with Crippen LogP contribution in [0.2, 0.25) is 0 Å². The molecule has 5 rings (SSSR count). The number of hydrogen-bond acceptors (Lipinski definition) is 2. The van der Waals surface area contributed by atoms with Crippen LogP contribution in [0.3, 0.4) is 0 Å². The van der Waals surface area contributed by atoms with Gasteiger partial charge in [0.05, 0.1) is 11.5 Å². The summed E-state index contributed by atoms with van der Waals surface area (Å²) in [5, 5.41) is 22.0. The quantitative estimate of drug-likeness (QED) is 0.436. The van der Waals surface area contributed by atoms with Gasteiger partial charge in [-0.05, 0) is 122 Å². The number of hydrogen-bond donors (Lipinski definition) is 2. The predicted octanol–water partition coefficient (Wildman–Crippen LogP) is 7.09. The van der Waals surface area contributed by atoms with Crippen LogP contribution in [-0.4, -0.2) is 22.3 Å². The molecule has 0 unspecified atom stereocenters. The largest absolute Gasteiger partial charge is 0.481 e. The molecule has 5 fully saturated rings. The fraction of sp³-hybridized carbons (Fsp3) is 0.900. The van der Waals surface area contributed by atoms with Crippen molar-refractivity contribution in [2.45, 2.75) is 112 Å². The number of aliphatic carboxylic acids is 1. The molecule has 0 aromatic heterocycles. The Balaban J connectivity index is 1.62. The summed E-state index contributed by atoms with van der Waals surface area (Å²) in [5.41, 5.74) is 0.780. The van der Waals surface area contributed by atoms with Crippen LogP contribution >= 0.6 is 0 Å². The van der Waals surface area contributed by atoms with Gasteiger partial charge in [-0.25, -0.2) is 0 Å². The summed E-state index contributed by atoms with van der Waals surface area (Å²) in [4.78, 5) is 13.5. The third-order valence-electron chi connectivity index (χ3n) is 13.2. The lowest BCUT2D eigenvalue weighted by Gasteiger charge is -2.72. The van der Waals surface area contributed by atoms with Crippen molar-refractivity contribution in [1.29, 1.82) is 0 Å². The highest BCUT2D eigenvalue weighted by molar-refractivity contribution is 5.77. The van der Waals surface area contributed by atoms with Gasteiger partial charge in [0.25, 0.3) is 0 Å². The zero-order valence-corrected chi connectivity index (χ0v) is 22.0. The minimum absolute atomic E-state index is 0.0940. The van der Waals surface area contributed by atoms with Crippen molar-refractivity contribution < 1.29 is 15.0 Å². The van der Waals surface area contributed by atoms with Crippen LogP contribution in [0.25, 0.3) is 0 Å². The Kier molecular flexibility index (Phi) is 5.15. The first-order chi connectivity index (χ1) is 15.3. The van der Waals surface area contributed by atoms with Crippen molar-refractivity contribution in [2.24, 2.45) is 56.7 Å². The number of carboxylic acids is 1. The average molecular weight is 457 g/mol. The molecule has 3 heteroatoms. The molecular weight excluding hydrogens is 408 g/mol. The maximum absolute atomic E-state index is 13.5. The molecule has 0 aromatic carbocycles. The van der Waals surface area contributed by atoms with Gasteiger partial charge in [0.2, 0.25) is 0 Å². The maximum atomic E-state index is 13.5. The van der Waals surface area contributed by atoms with Crippen molar-refractivity contribution >= 4 is 5.97 Å². The van der Waals surface area contributed by atoms with E-state index in [4.69, 9.17) is 0 Å². The van der Waals surface area contributed by atoms with Crippen molar-refractivity contribution in [2.75, 3.05) is 0 Å². The highest BCUT2D eigenvalue weighted by Gasteiger charge is 2.74. The molecule has 0 saturated heterocycles. The lowest BCUT2D eigenvalue weighted by molar-refractivity contribution is -0.253. The fourth-order valence-electron chi connectivity index (χ4n) is 11.6. The Morgan fingerprint density at radius 2 is 1.55 bits per heavy atom. The number of fused-ring (bicyclic) bond motifs is 7. The van der Waals surface area contributed by atoms with Crippen LogP contribution in [0, 0.1) is 56.7 Å². The second-order valence-corrected chi connectivity index (χ2v) is 14.6. The molecule has 0 radical (unpaired) electrons. The topological polar surface area (TPSA) is 57.5 Å². The monoisotopic (exact) mass is 456 g/mol. The molecule has 0 amide bonds. The van der Waals surface area contributed by atoms with Gasteiger partial charge in [-0.2, -0.15) is 0 Å². The van der Waals surface area contributed by atoms with Gasteiger partial charge < -0.3 is 10.2 Å². The number of allylic oxidation sites excluding steroid dienone is 1. The van der Waals surface area contributed by atoms with E-state index < -0.39 is 11.4 Å². The number of carbonyl (C=O) groups is 1. The smallest absolute Gasteiger partial charge is 0.310 e. The highest BCUT2D eigenvalue weighted by atomic mass is 16.4. The average Bonchev–Trinajstić information content (AvgIpc) is 3.08. The third-order valence-corrected chi connectivity index (χ3v) is 13.2. The summed E-state index contributed by atoms with van der Waals surface area (Å²) in [5.74, 6) is 1.60. The Bertz CT molecular complexity index is 861. The molecule has 0 heterocycles. The minimum atomic E-state index is -0.619. The summed E-state index contributed by atoms with van der Waals surface area (Å²) in [6.45, 7) is 18.4. The molecular formula is C30H48O3. The molecule has 10 atom stereocenters. The number of carboxylic acid groups (broad SMARTS) is 1. The van der Waals surface area contributed by atoms with Gasteiger partial charge >= 0.3 is 5.97 Å². The second kappa shape index (κ2) is 7.11. The van der Waals surface area contributed by atoms with E-state index in [2.05, 4.69) is 48.1 Å². The van der Waals surface area contributed by atoms with Crippen LogP contribution in [0.4, 0.5) is 0 Å². The van der Waals surface area contributed by atoms with Crippen LogP contribution in [-0.2, 0) is 4.79 Å².